The molecule has 1 atom stereocenters. The lowest BCUT2D eigenvalue weighted by atomic mass is 10.2. The minimum Gasteiger partial charge on any atom is -0.375 e. The van der Waals surface area contributed by atoms with Crippen LogP contribution in [0.4, 0.5) is 0 Å². The molecule has 3 nitrogen and oxygen atoms in total. The second-order valence-corrected chi connectivity index (χ2v) is 5.95. The lowest BCUT2D eigenvalue weighted by molar-refractivity contribution is -0.128. The van der Waals surface area contributed by atoms with Gasteiger partial charge in [-0.25, -0.2) is 0 Å². The van der Waals surface area contributed by atoms with E-state index in [0.29, 0.717) is 24.7 Å². The first kappa shape index (κ1) is 12.3. The van der Waals surface area contributed by atoms with Crippen LogP contribution in [0.3, 0.4) is 0 Å². The highest BCUT2D eigenvalue weighted by atomic mass is 28.1. The molecule has 0 spiro atoms. The van der Waals surface area contributed by atoms with Gasteiger partial charge in [-0.15, -0.1) is 0 Å². The van der Waals surface area contributed by atoms with Crippen molar-refractivity contribution in [3.63, 3.8) is 0 Å². The Kier molecular flexibility index (Phi) is 4.34. The van der Waals surface area contributed by atoms with E-state index in [1.165, 1.54) is 5.56 Å². The molecule has 1 heterocycles. The third-order valence-electron chi connectivity index (χ3n) is 3.18. The molecule has 0 N–H and O–H groups in total. The fourth-order valence-corrected chi connectivity index (χ4v) is 2.68. The number of carbonyl (C=O) groups is 1. The number of likely N-dealkylation sites (tertiary alicyclic amines) is 1. The largest absolute Gasteiger partial charge is 0.375 e. The minimum atomic E-state index is 0.333. The zero-order valence-electron chi connectivity index (χ0n) is 10.3. The molecule has 1 aromatic rings. The lowest BCUT2D eigenvalue weighted by Crippen LogP contribution is -2.29. The Balaban J connectivity index is 1.65. The third kappa shape index (κ3) is 3.41. The summed E-state index contributed by atoms with van der Waals surface area (Å²) < 4.78 is 5.58. The predicted molar refractivity (Wildman–Crippen MR) is 71.0 cm³/mol. The molecule has 4 heteroatoms. The zero-order valence-corrected chi connectivity index (χ0v) is 12.3. The Morgan fingerprint density at radius 3 is 2.76 bits per heavy atom. The molecule has 0 radical (unpaired) electrons. The van der Waals surface area contributed by atoms with Crippen LogP contribution in [-0.4, -0.2) is 40.7 Å². The van der Waals surface area contributed by atoms with Crippen molar-refractivity contribution in [2.24, 2.45) is 0 Å². The van der Waals surface area contributed by atoms with Crippen LogP contribution >= 0.6 is 0 Å². The molecular weight excluding hydrogens is 230 g/mol. The molecule has 92 valence electrons. The molecular formula is C13H19NO2Si. The molecule has 0 aromatic heterocycles. The van der Waals surface area contributed by atoms with Gasteiger partial charge in [0, 0.05) is 28.9 Å². The van der Waals surface area contributed by atoms with Gasteiger partial charge >= 0.3 is 0 Å². The average Bonchev–Trinajstić information content (AvgIpc) is 2.67. The van der Waals surface area contributed by atoms with Gasteiger partial charge in [0.25, 0.3) is 0 Å². The summed E-state index contributed by atoms with van der Waals surface area (Å²) >= 11 is 0. The molecule has 0 aliphatic carbocycles. The van der Waals surface area contributed by atoms with Crippen LogP contribution in [0.25, 0.3) is 0 Å². The van der Waals surface area contributed by atoms with Gasteiger partial charge in [-0.3, -0.25) is 4.79 Å². The van der Waals surface area contributed by atoms with Crippen molar-refractivity contribution in [3.8, 4) is 0 Å². The molecule has 1 amide bonds. The first-order chi connectivity index (χ1) is 8.27. The van der Waals surface area contributed by atoms with Gasteiger partial charge in [0.1, 0.15) is 0 Å². The van der Waals surface area contributed by atoms with E-state index in [4.69, 9.17) is 4.74 Å². The maximum atomic E-state index is 11.7. The number of hydrogen-bond acceptors (Lipinski definition) is 2. The maximum Gasteiger partial charge on any atom is 0.222 e. The quantitative estimate of drug-likeness (QED) is 0.565. The van der Waals surface area contributed by atoms with Crippen molar-refractivity contribution in [1.29, 1.82) is 0 Å². The fourth-order valence-electron chi connectivity index (χ4n) is 2.06. The molecule has 1 aliphatic heterocycles. The van der Waals surface area contributed by atoms with Crippen LogP contribution < -0.4 is 0 Å². The van der Waals surface area contributed by atoms with E-state index in [1.807, 2.05) is 23.1 Å². The molecule has 0 bridgehead atoms. The summed E-state index contributed by atoms with van der Waals surface area (Å²) in [5, 5.41) is 0. The van der Waals surface area contributed by atoms with Crippen LogP contribution in [-0.2, 0) is 16.1 Å². The van der Waals surface area contributed by atoms with E-state index in [2.05, 4.69) is 12.1 Å². The van der Waals surface area contributed by atoms with Crippen molar-refractivity contribution in [2.75, 3.05) is 19.7 Å². The molecule has 1 aromatic carbocycles. The van der Waals surface area contributed by atoms with Crippen LogP contribution in [0.2, 0.25) is 5.54 Å². The van der Waals surface area contributed by atoms with Crippen molar-refractivity contribution in [2.45, 2.75) is 18.6 Å². The number of amides is 1. The van der Waals surface area contributed by atoms with Gasteiger partial charge in [-0.2, -0.15) is 0 Å². The summed E-state index contributed by atoms with van der Waals surface area (Å²) in [6, 6.07) is 10.1. The summed E-state index contributed by atoms with van der Waals surface area (Å²) in [6.07, 6.45) is 1.05. The van der Waals surface area contributed by atoms with Gasteiger partial charge in [0.2, 0.25) is 5.91 Å². The lowest BCUT2D eigenvalue weighted by Gasteiger charge is -2.15. The van der Waals surface area contributed by atoms with Gasteiger partial charge < -0.3 is 9.64 Å². The highest BCUT2D eigenvalue weighted by Crippen LogP contribution is 2.19. The summed E-state index contributed by atoms with van der Waals surface area (Å²) in [5.74, 6) is 0.333. The first-order valence-electron chi connectivity index (χ1n) is 6.18. The summed E-state index contributed by atoms with van der Waals surface area (Å²) in [7, 11) is 0.982. The van der Waals surface area contributed by atoms with Gasteiger partial charge in [-0.05, 0) is 12.0 Å². The normalized spacial score (nSPS) is 20.1. The average molecular weight is 249 g/mol. The van der Waals surface area contributed by atoms with E-state index >= 15 is 0 Å². The van der Waals surface area contributed by atoms with Crippen molar-refractivity contribution < 1.29 is 9.53 Å². The molecule has 1 fully saturated rings. The van der Waals surface area contributed by atoms with E-state index in [9.17, 15) is 4.79 Å². The number of ether oxygens (including phenoxy) is 1. The van der Waals surface area contributed by atoms with E-state index in [1.54, 1.807) is 0 Å². The number of carbonyl (C=O) groups excluding carboxylic acids is 1. The van der Waals surface area contributed by atoms with Crippen LogP contribution in [0.1, 0.15) is 12.0 Å². The Bertz CT molecular complexity index is 369. The SMILES string of the molecule is O=C1C([SiH3])CCN1CCOCc1ccccc1. The summed E-state index contributed by atoms with van der Waals surface area (Å²) in [5.41, 5.74) is 1.52. The number of benzene rings is 1. The monoisotopic (exact) mass is 249 g/mol. The maximum absolute atomic E-state index is 11.7. The minimum absolute atomic E-state index is 0.333. The highest BCUT2D eigenvalue weighted by Gasteiger charge is 2.26. The van der Waals surface area contributed by atoms with Gasteiger partial charge in [0.15, 0.2) is 0 Å². The first-order valence-corrected chi connectivity index (χ1v) is 7.33. The second kappa shape index (κ2) is 5.98. The van der Waals surface area contributed by atoms with Gasteiger partial charge in [-0.1, -0.05) is 30.3 Å². The Morgan fingerprint density at radius 1 is 1.35 bits per heavy atom. The molecule has 1 aliphatic rings. The van der Waals surface area contributed by atoms with E-state index in [-0.39, 0.29) is 0 Å². The van der Waals surface area contributed by atoms with E-state index in [0.717, 1.165) is 29.8 Å². The van der Waals surface area contributed by atoms with Crippen molar-refractivity contribution in [1.82, 2.24) is 4.90 Å². The summed E-state index contributed by atoms with van der Waals surface area (Å²) in [6.45, 7) is 2.92. The number of rotatable bonds is 5. The molecule has 1 unspecified atom stereocenters. The summed E-state index contributed by atoms with van der Waals surface area (Å²) in [4.78, 5) is 13.6. The Morgan fingerprint density at radius 2 is 2.12 bits per heavy atom. The molecule has 2 rings (SSSR count). The fraction of sp³-hybridized carbons (Fsp3) is 0.462. The predicted octanol–water partition coefficient (Wildman–Crippen LogP) is 0.589. The zero-order chi connectivity index (χ0) is 12.1. The standard InChI is InChI=1S/C13H19NO2Si/c15-13-12(17)6-7-14(13)8-9-16-10-11-4-2-1-3-5-11/h1-5,12H,6-10H2,17H3. The second-order valence-electron chi connectivity index (χ2n) is 4.55. The molecule has 17 heavy (non-hydrogen) atoms. The van der Waals surface area contributed by atoms with Gasteiger partial charge in [0.05, 0.1) is 13.2 Å². The van der Waals surface area contributed by atoms with E-state index < -0.39 is 0 Å². The van der Waals surface area contributed by atoms with Crippen molar-refractivity contribution >= 4 is 16.1 Å². The Labute approximate surface area is 105 Å². The molecule has 1 saturated heterocycles. The highest BCUT2D eigenvalue weighted by molar-refractivity contribution is 6.24. The smallest absolute Gasteiger partial charge is 0.222 e. The number of hydrogen-bond donors (Lipinski definition) is 0. The Hall–Kier alpha value is -1.13. The van der Waals surface area contributed by atoms with Crippen LogP contribution in [0.5, 0.6) is 0 Å². The number of nitrogens with zero attached hydrogens (tertiary/aromatic N) is 1. The third-order valence-corrected chi connectivity index (χ3v) is 4.25. The van der Waals surface area contributed by atoms with Crippen molar-refractivity contribution in [3.05, 3.63) is 35.9 Å². The van der Waals surface area contributed by atoms with Crippen LogP contribution in [0, 0.1) is 0 Å². The molecule has 0 saturated carbocycles. The van der Waals surface area contributed by atoms with Crippen LogP contribution in [0.15, 0.2) is 30.3 Å². The topological polar surface area (TPSA) is 29.5 Å².